The lowest BCUT2D eigenvalue weighted by molar-refractivity contribution is 0.0636. The average molecular weight is 345 g/mol. The molecule has 2 N–H and O–H groups in total. The topological polar surface area (TPSA) is 81.7 Å². The van der Waals surface area contributed by atoms with Gasteiger partial charge in [-0.2, -0.15) is 0 Å². The van der Waals surface area contributed by atoms with Gasteiger partial charge in [0.1, 0.15) is 22.9 Å². The monoisotopic (exact) mass is 345 g/mol. The van der Waals surface area contributed by atoms with E-state index in [0.717, 1.165) is 5.69 Å². The van der Waals surface area contributed by atoms with E-state index >= 15 is 0 Å². The fourth-order valence-electron chi connectivity index (χ4n) is 2.01. The van der Waals surface area contributed by atoms with Crippen LogP contribution in [0.15, 0.2) is 36.5 Å². The second-order valence-electron chi connectivity index (χ2n) is 6.25. The number of carbonyl (C=O) groups is 1. The van der Waals surface area contributed by atoms with Crippen LogP contribution in [0.5, 0.6) is 11.5 Å². The maximum atomic E-state index is 11.8. The molecule has 0 aliphatic heterocycles. The van der Waals surface area contributed by atoms with Crippen molar-refractivity contribution in [3.05, 3.63) is 36.5 Å². The highest BCUT2D eigenvalue weighted by Gasteiger charge is 2.16. The van der Waals surface area contributed by atoms with Crippen LogP contribution in [0.25, 0.3) is 0 Å². The minimum Gasteiger partial charge on any atom is -0.497 e. The molecule has 0 aliphatic carbocycles. The Labute approximate surface area is 147 Å². The first-order valence-electron chi connectivity index (χ1n) is 7.76. The third-order valence-electron chi connectivity index (χ3n) is 3.08. The summed E-state index contributed by atoms with van der Waals surface area (Å²) < 4.78 is 15.7. The van der Waals surface area contributed by atoms with Gasteiger partial charge >= 0.3 is 6.09 Å². The maximum absolute atomic E-state index is 11.8. The molecule has 2 rings (SSSR count). The minimum absolute atomic E-state index is 0.524. The van der Waals surface area contributed by atoms with Crippen LogP contribution in [0.1, 0.15) is 20.8 Å². The SMILES string of the molecule is COc1ccc(OC)c(Nc2ccc(NC(=O)OC(C)(C)C)cn2)c1. The molecule has 0 atom stereocenters. The van der Waals surface area contributed by atoms with E-state index in [1.54, 1.807) is 59.4 Å². The molecule has 0 bridgehead atoms. The minimum atomic E-state index is -0.554. The fraction of sp³-hybridized carbons (Fsp3) is 0.333. The number of benzene rings is 1. The Kier molecular flexibility index (Phi) is 5.69. The zero-order valence-electron chi connectivity index (χ0n) is 15.0. The first kappa shape index (κ1) is 18.4. The Bertz CT molecular complexity index is 724. The Morgan fingerprint density at radius 3 is 2.40 bits per heavy atom. The standard InChI is InChI=1S/C18H23N3O4/c1-18(2,3)25-17(22)20-12-6-9-16(19-11-12)21-14-10-13(23-4)7-8-15(14)24-5/h6-11H,1-5H3,(H,19,21)(H,20,22). The van der Waals surface area contributed by atoms with Crippen LogP contribution in [0.3, 0.4) is 0 Å². The van der Waals surface area contributed by atoms with Crippen LogP contribution in [0, 0.1) is 0 Å². The maximum Gasteiger partial charge on any atom is 0.412 e. The van der Waals surface area contributed by atoms with E-state index in [1.165, 1.54) is 0 Å². The predicted molar refractivity (Wildman–Crippen MR) is 96.9 cm³/mol. The Morgan fingerprint density at radius 2 is 1.84 bits per heavy atom. The summed E-state index contributed by atoms with van der Waals surface area (Å²) in [4.78, 5) is 16.0. The van der Waals surface area contributed by atoms with Crippen molar-refractivity contribution in [2.45, 2.75) is 26.4 Å². The first-order valence-corrected chi connectivity index (χ1v) is 7.76. The van der Waals surface area contributed by atoms with Gasteiger partial charge in [-0.15, -0.1) is 0 Å². The van der Waals surface area contributed by atoms with Gasteiger partial charge in [0, 0.05) is 6.07 Å². The van der Waals surface area contributed by atoms with Crippen molar-refractivity contribution >= 4 is 23.3 Å². The van der Waals surface area contributed by atoms with E-state index in [-0.39, 0.29) is 0 Å². The molecule has 0 spiro atoms. The molecule has 0 fully saturated rings. The zero-order valence-corrected chi connectivity index (χ0v) is 15.0. The van der Waals surface area contributed by atoms with Gasteiger partial charge < -0.3 is 19.5 Å². The Hall–Kier alpha value is -2.96. The molecule has 25 heavy (non-hydrogen) atoms. The van der Waals surface area contributed by atoms with Gasteiger partial charge in [-0.25, -0.2) is 9.78 Å². The summed E-state index contributed by atoms with van der Waals surface area (Å²) in [7, 11) is 3.19. The van der Waals surface area contributed by atoms with E-state index in [9.17, 15) is 4.79 Å². The number of pyridine rings is 1. The van der Waals surface area contributed by atoms with Crippen molar-refractivity contribution in [3.63, 3.8) is 0 Å². The number of nitrogens with zero attached hydrogens (tertiary/aromatic N) is 1. The zero-order chi connectivity index (χ0) is 18.4. The molecule has 0 unspecified atom stereocenters. The van der Waals surface area contributed by atoms with Crippen molar-refractivity contribution in [1.82, 2.24) is 4.98 Å². The van der Waals surface area contributed by atoms with Crippen LogP contribution >= 0.6 is 0 Å². The molecule has 1 amide bonds. The lowest BCUT2D eigenvalue weighted by atomic mass is 10.2. The number of nitrogens with one attached hydrogen (secondary N) is 2. The van der Waals surface area contributed by atoms with E-state index in [2.05, 4.69) is 15.6 Å². The van der Waals surface area contributed by atoms with E-state index < -0.39 is 11.7 Å². The van der Waals surface area contributed by atoms with Crippen LogP contribution in [-0.4, -0.2) is 30.9 Å². The van der Waals surface area contributed by atoms with Crippen molar-refractivity contribution in [1.29, 1.82) is 0 Å². The summed E-state index contributed by atoms with van der Waals surface area (Å²) >= 11 is 0. The average Bonchev–Trinajstić information content (AvgIpc) is 2.54. The summed E-state index contributed by atoms with van der Waals surface area (Å²) in [6, 6.07) is 8.90. The molecule has 7 heteroatoms. The molecule has 0 radical (unpaired) electrons. The molecule has 134 valence electrons. The van der Waals surface area contributed by atoms with Gasteiger partial charge in [0.15, 0.2) is 0 Å². The Morgan fingerprint density at radius 1 is 1.08 bits per heavy atom. The highest BCUT2D eigenvalue weighted by molar-refractivity contribution is 5.84. The number of ether oxygens (including phenoxy) is 3. The second kappa shape index (κ2) is 7.74. The summed E-state index contributed by atoms with van der Waals surface area (Å²) in [5.41, 5.74) is 0.710. The van der Waals surface area contributed by atoms with Gasteiger partial charge in [-0.1, -0.05) is 0 Å². The third-order valence-corrected chi connectivity index (χ3v) is 3.08. The smallest absolute Gasteiger partial charge is 0.412 e. The van der Waals surface area contributed by atoms with Crippen molar-refractivity contribution in [2.75, 3.05) is 24.9 Å². The second-order valence-corrected chi connectivity index (χ2v) is 6.25. The summed E-state index contributed by atoms with van der Waals surface area (Å²) in [5, 5.41) is 5.79. The third kappa shape index (κ3) is 5.56. The molecule has 0 saturated carbocycles. The Balaban J connectivity index is 2.07. The normalized spacial score (nSPS) is 10.8. The number of rotatable bonds is 5. The van der Waals surface area contributed by atoms with Crippen molar-refractivity contribution in [3.8, 4) is 11.5 Å². The molecule has 0 aliphatic rings. The highest BCUT2D eigenvalue weighted by Crippen LogP contribution is 2.31. The molecule has 0 saturated heterocycles. The number of aromatic nitrogens is 1. The molecule has 1 aromatic carbocycles. The molecule has 1 aromatic heterocycles. The summed E-state index contributed by atoms with van der Waals surface area (Å²) in [5.74, 6) is 1.96. The highest BCUT2D eigenvalue weighted by atomic mass is 16.6. The van der Waals surface area contributed by atoms with E-state index in [0.29, 0.717) is 23.0 Å². The fourth-order valence-corrected chi connectivity index (χ4v) is 2.01. The van der Waals surface area contributed by atoms with Gasteiger partial charge in [0.05, 0.1) is 31.8 Å². The van der Waals surface area contributed by atoms with E-state index in [4.69, 9.17) is 14.2 Å². The molecule has 1 heterocycles. The summed E-state index contributed by atoms with van der Waals surface area (Å²) in [6.07, 6.45) is 1.02. The van der Waals surface area contributed by atoms with E-state index in [1.807, 2.05) is 12.1 Å². The first-order chi connectivity index (χ1) is 11.8. The molecular formula is C18H23N3O4. The van der Waals surface area contributed by atoms with Gasteiger partial charge in [-0.3, -0.25) is 5.32 Å². The molecular weight excluding hydrogens is 322 g/mol. The lowest BCUT2D eigenvalue weighted by Crippen LogP contribution is -2.27. The lowest BCUT2D eigenvalue weighted by Gasteiger charge is -2.19. The number of amides is 1. The number of hydrogen-bond acceptors (Lipinski definition) is 6. The molecule has 2 aromatic rings. The number of methoxy groups -OCH3 is 2. The van der Waals surface area contributed by atoms with Crippen LogP contribution in [-0.2, 0) is 4.74 Å². The molecule has 7 nitrogen and oxygen atoms in total. The van der Waals surface area contributed by atoms with Gasteiger partial charge in [0.25, 0.3) is 0 Å². The quantitative estimate of drug-likeness (QED) is 0.845. The largest absolute Gasteiger partial charge is 0.497 e. The number of anilines is 3. The van der Waals surface area contributed by atoms with Crippen LogP contribution in [0.2, 0.25) is 0 Å². The number of hydrogen-bond donors (Lipinski definition) is 2. The van der Waals surface area contributed by atoms with Gasteiger partial charge in [0.2, 0.25) is 0 Å². The summed E-state index contributed by atoms with van der Waals surface area (Å²) in [6.45, 7) is 5.41. The number of carbonyl (C=O) groups excluding carboxylic acids is 1. The van der Waals surface area contributed by atoms with Crippen molar-refractivity contribution in [2.24, 2.45) is 0 Å². The van der Waals surface area contributed by atoms with Crippen LogP contribution in [0.4, 0.5) is 22.0 Å². The van der Waals surface area contributed by atoms with Gasteiger partial charge in [-0.05, 0) is 45.0 Å². The van der Waals surface area contributed by atoms with Crippen molar-refractivity contribution < 1.29 is 19.0 Å². The van der Waals surface area contributed by atoms with Crippen LogP contribution < -0.4 is 20.1 Å². The predicted octanol–water partition coefficient (Wildman–Crippen LogP) is 4.19.